The Morgan fingerprint density at radius 3 is 2.41 bits per heavy atom. The van der Waals surface area contributed by atoms with Gasteiger partial charge in [-0.1, -0.05) is 63.9 Å². The fourth-order valence-corrected chi connectivity index (χ4v) is 3.50. The van der Waals surface area contributed by atoms with Crippen LogP contribution in [0.4, 0.5) is 4.79 Å². The monoisotopic (exact) mass is 373 g/mol. The second kappa shape index (κ2) is 9.02. The third-order valence-corrected chi connectivity index (χ3v) is 5.10. The van der Waals surface area contributed by atoms with Crippen LogP contribution in [-0.4, -0.2) is 35.3 Å². The van der Waals surface area contributed by atoms with E-state index in [9.17, 15) is 14.4 Å². The topological polar surface area (TPSA) is 78.5 Å². The summed E-state index contributed by atoms with van der Waals surface area (Å²) in [5.41, 5.74) is -0.363. The van der Waals surface area contributed by atoms with E-state index < -0.39 is 11.6 Å². The molecular formula is C21H31N3O3. The molecule has 0 bridgehead atoms. The molecular weight excluding hydrogens is 342 g/mol. The molecule has 2 rings (SSSR count). The summed E-state index contributed by atoms with van der Waals surface area (Å²) in [5, 5.41) is 5.69. The summed E-state index contributed by atoms with van der Waals surface area (Å²) in [7, 11) is 0. The number of carbonyl (C=O) groups excluding carboxylic acids is 3. The molecule has 6 heteroatoms. The van der Waals surface area contributed by atoms with E-state index in [1.165, 1.54) is 0 Å². The minimum atomic E-state index is -1.10. The maximum absolute atomic E-state index is 13.0. The lowest BCUT2D eigenvalue weighted by molar-refractivity contribution is -0.135. The lowest BCUT2D eigenvalue weighted by Crippen LogP contribution is -2.45. The first kappa shape index (κ1) is 20.9. The van der Waals surface area contributed by atoms with Gasteiger partial charge in [-0.2, -0.15) is 0 Å². The van der Waals surface area contributed by atoms with Crippen LogP contribution < -0.4 is 10.6 Å². The van der Waals surface area contributed by atoms with Gasteiger partial charge in [-0.3, -0.25) is 14.5 Å². The van der Waals surface area contributed by atoms with E-state index in [0.717, 1.165) is 29.7 Å². The first-order valence-corrected chi connectivity index (χ1v) is 9.79. The van der Waals surface area contributed by atoms with Crippen molar-refractivity contribution in [1.29, 1.82) is 0 Å². The molecule has 0 aliphatic carbocycles. The number of hydrogen-bond acceptors (Lipinski definition) is 3. The van der Waals surface area contributed by atoms with Gasteiger partial charge in [0.05, 0.1) is 0 Å². The number of amides is 4. The maximum atomic E-state index is 13.0. The Morgan fingerprint density at radius 2 is 1.81 bits per heavy atom. The second-order valence-corrected chi connectivity index (χ2v) is 7.74. The van der Waals surface area contributed by atoms with E-state index in [0.29, 0.717) is 12.3 Å². The van der Waals surface area contributed by atoms with Crippen LogP contribution in [0.25, 0.3) is 0 Å². The average Bonchev–Trinajstić information content (AvgIpc) is 2.87. The van der Waals surface area contributed by atoms with E-state index in [2.05, 4.69) is 24.5 Å². The number of nitrogens with one attached hydrogen (secondary N) is 2. The molecule has 6 nitrogen and oxygen atoms in total. The summed E-state index contributed by atoms with van der Waals surface area (Å²) in [6, 6.07) is 8.67. The van der Waals surface area contributed by atoms with Crippen molar-refractivity contribution in [3.05, 3.63) is 35.9 Å². The van der Waals surface area contributed by atoms with Crippen molar-refractivity contribution < 1.29 is 14.4 Å². The molecule has 2 atom stereocenters. The lowest BCUT2D eigenvalue weighted by Gasteiger charge is -2.25. The minimum absolute atomic E-state index is 0.0158. The predicted octanol–water partition coefficient (Wildman–Crippen LogP) is 3.17. The Bertz CT molecular complexity index is 675. The Balaban J connectivity index is 1.99. The van der Waals surface area contributed by atoms with E-state index in [1.54, 1.807) is 0 Å². The Kier molecular flexibility index (Phi) is 6.99. The second-order valence-electron chi connectivity index (χ2n) is 7.74. The van der Waals surface area contributed by atoms with E-state index in [1.807, 2.05) is 44.2 Å². The molecule has 4 amide bonds. The highest BCUT2D eigenvalue weighted by atomic mass is 16.2. The third kappa shape index (κ3) is 4.87. The summed E-state index contributed by atoms with van der Waals surface area (Å²) >= 11 is 0. The van der Waals surface area contributed by atoms with Gasteiger partial charge in [-0.25, -0.2) is 4.79 Å². The molecule has 0 radical (unpaired) electrons. The molecule has 2 N–H and O–H groups in total. The molecule has 1 aromatic carbocycles. The predicted molar refractivity (Wildman–Crippen MR) is 105 cm³/mol. The van der Waals surface area contributed by atoms with Gasteiger partial charge in [-0.15, -0.1) is 0 Å². The largest absolute Gasteiger partial charge is 0.352 e. The van der Waals surface area contributed by atoms with Gasteiger partial charge in [0.25, 0.3) is 5.91 Å². The Morgan fingerprint density at radius 1 is 1.15 bits per heavy atom. The number of rotatable bonds is 9. The average molecular weight is 373 g/mol. The van der Waals surface area contributed by atoms with Crippen LogP contribution >= 0.6 is 0 Å². The van der Waals surface area contributed by atoms with Crippen LogP contribution in [0.15, 0.2) is 30.3 Å². The molecule has 27 heavy (non-hydrogen) atoms. The van der Waals surface area contributed by atoms with Gasteiger partial charge >= 0.3 is 6.03 Å². The number of nitrogens with zero attached hydrogens (tertiary/aromatic N) is 1. The fraction of sp³-hybridized carbons (Fsp3) is 0.571. The van der Waals surface area contributed by atoms with Crippen molar-refractivity contribution in [1.82, 2.24) is 15.5 Å². The van der Waals surface area contributed by atoms with Crippen molar-refractivity contribution in [2.24, 2.45) is 5.92 Å². The molecule has 148 valence electrons. The van der Waals surface area contributed by atoms with Crippen LogP contribution in [0.2, 0.25) is 0 Å². The number of hydrogen-bond donors (Lipinski definition) is 2. The zero-order valence-corrected chi connectivity index (χ0v) is 16.7. The zero-order chi connectivity index (χ0) is 20.0. The van der Waals surface area contributed by atoms with E-state index in [4.69, 9.17) is 0 Å². The molecule has 0 saturated carbocycles. The van der Waals surface area contributed by atoms with Crippen molar-refractivity contribution in [2.75, 3.05) is 6.54 Å². The lowest BCUT2D eigenvalue weighted by atomic mass is 9.87. The molecule has 1 aliphatic rings. The fourth-order valence-electron chi connectivity index (χ4n) is 3.50. The maximum Gasteiger partial charge on any atom is 0.325 e. The summed E-state index contributed by atoms with van der Waals surface area (Å²) in [6.45, 7) is 7.89. The number of urea groups is 1. The number of carbonyl (C=O) groups is 3. The van der Waals surface area contributed by atoms with Gasteiger partial charge in [0.15, 0.2) is 0 Å². The first-order valence-electron chi connectivity index (χ1n) is 9.79. The smallest absolute Gasteiger partial charge is 0.325 e. The highest BCUT2D eigenvalue weighted by Crippen LogP contribution is 2.32. The summed E-state index contributed by atoms with van der Waals surface area (Å²) in [6.07, 6.45) is 3.46. The molecule has 0 spiro atoms. The molecule has 1 heterocycles. The molecule has 1 aromatic rings. The molecule has 1 aliphatic heterocycles. The highest BCUT2D eigenvalue weighted by molar-refractivity contribution is 6.09. The Hall–Kier alpha value is -2.37. The molecule has 1 fully saturated rings. The van der Waals surface area contributed by atoms with Gasteiger partial charge in [-0.05, 0) is 31.2 Å². The van der Waals surface area contributed by atoms with E-state index >= 15 is 0 Å². The van der Waals surface area contributed by atoms with Crippen LogP contribution in [0.1, 0.15) is 58.9 Å². The molecule has 0 aromatic heterocycles. The van der Waals surface area contributed by atoms with Gasteiger partial charge in [0.2, 0.25) is 5.91 Å². The van der Waals surface area contributed by atoms with Crippen molar-refractivity contribution in [3.63, 3.8) is 0 Å². The minimum Gasteiger partial charge on any atom is -0.352 e. The number of imide groups is 1. The van der Waals surface area contributed by atoms with Crippen LogP contribution in [-0.2, 0) is 15.1 Å². The van der Waals surface area contributed by atoms with Crippen molar-refractivity contribution >= 4 is 17.8 Å². The first-order chi connectivity index (χ1) is 12.8. The van der Waals surface area contributed by atoms with Gasteiger partial charge < -0.3 is 10.6 Å². The molecule has 1 saturated heterocycles. The SMILES string of the molecule is CCC1(c2ccccc2)NC(=O)N(CC(=O)NC(C)CCCC(C)C)C1=O. The third-order valence-electron chi connectivity index (χ3n) is 5.10. The standard InChI is InChI=1S/C21H31N3O3/c1-5-21(17-12-7-6-8-13-17)19(26)24(20(27)23-21)14-18(25)22-16(4)11-9-10-15(2)3/h6-8,12-13,15-16H,5,9-11,14H2,1-4H3,(H,22,25)(H,23,27). The number of benzene rings is 1. The van der Waals surface area contributed by atoms with Crippen LogP contribution in [0.5, 0.6) is 0 Å². The van der Waals surface area contributed by atoms with Crippen molar-refractivity contribution in [3.8, 4) is 0 Å². The normalized spacial score (nSPS) is 20.7. The summed E-state index contributed by atoms with van der Waals surface area (Å²) < 4.78 is 0. The molecule has 2 unspecified atom stereocenters. The van der Waals surface area contributed by atoms with E-state index in [-0.39, 0.29) is 24.4 Å². The Labute approximate surface area is 161 Å². The quantitative estimate of drug-likeness (QED) is 0.653. The summed E-state index contributed by atoms with van der Waals surface area (Å²) in [4.78, 5) is 38.8. The highest BCUT2D eigenvalue weighted by Gasteiger charge is 2.51. The van der Waals surface area contributed by atoms with Crippen LogP contribution in [0.3, 0.4) is 0 Å². The zero-order valence-electron chi connectivity index (χ0n) is 16.7. The van der Waals surface area contributed by atoms with Crippen LogP contribution in [0, 0.1) is 5.92 Å². The summed E-state index contributed by atoms with van der Waals surface area (Å²) in [5.74, 6) is -0.0432. The van der Waals surface area contributed by atoms with Crippen molar-refractivity contribution in [2.45, 2.75) is 65.0 Å². The van der Waals surface area contributed by atoms with Gasteiger partial charge in [0.1, 0.15) is 12.1 Å². The van der Waals surface area contributed by atoms with Gasteiger partial charge in [0, 0.05) is 6.04 Å².